The normalized spacial score (nSPS) is 24.5. The predicted octanol–water partition coefficient (Wildman–Crippen LogP) is 1.66. The third-order valence-electron chi connectivity index (χ3n) is 4.35. The zero-order chi connectivity index (χ0) is 15.9. The number of rotatable bonds is 6. The molecule has 2 aromatic rings. The quantitative estimate of drug-likeness (QED) is 0.759. The average molecular weight is 311 g/mol. The van der Waals surface area contributed by atoms with Crippen molar-refractivity contribution in [1.82, 2.24) is 10.6 Å². The van der Waals surface area contributed by atoms with Gasteiger partial charge in [-0.2, -0.15) is 0 Å². The number of nitrogens with two attached hydrogens (primary N) is 1. The maximum atomic E-state index is 6.45. The summed E-state index contributed by atoms with van der Waals surface area (Å²) in [6, 6.07) is 21.1. The van der Waals surface area contributed by atoms with Gasteiger partial charge in [0.05, 0.1) is 13.2 Å². The second-order valence-electron chi connectivity index (χ2n) is 6.06. The lowest BCUT2D eigenvalue weighted by Crippen LogP contribution is -2.62. The van der Waals surface area contributed by atoms with Gasteiger partial charge in [0.2, 0.25) is 0 Å². The van der Waals surface area contributed by atoms with E-state index in [0.29, 0.717) is 13.2 Å². The van der Waals surface area contributed by atoms with Gasteiger partial charge >= 0.3 is 0 Å². The van der Waals surface area contributed by atoms with Crippen LogP contribution in [0.4, 0.5) is 0 Å². The maximum absolute atomic E-state index is 6.45. The van der Waals surface area contributed by atoms with Crippen molar-refractivity contribution in [3.05, 3.63) is 71.8 Å². The molecule has 0 radical (unpaired) electrons. The summed E-state index contributed by atoms with van der Waals surface area (Å²) in [5.41, 5.74) is 8.97. The predicted molar refractivity (Wildman–Crippen MR) is 92.9 cm³/mol. The van der Waals surface area contributed by atoms with Crippen LogP contribution in [0.15, 0.2) is 60.7 Å². The second-order valence-corrected chi connectivity index (χ2v) is 6.06. The first kappa shape index (κ1) is 16.1. The molecule has 0 aromatic heterocycles. The topological polar surface area (TPSA) is 59.3 Å². The minimum Gasteiger partial charge on any atom is -0.378 e. The number of hydrogen-bond acceptors (Lipinski definition) is 4. The van der Waals surface area contributed by atoms with Gasteiger partial charge in [-0.15, -0.1) is 0 Å². The molecule has 1 fully saturated rings. The fourth-order valence-electron chi connectivity index (χ4n) is 2.90. The van der Waals surface area contributed by atoms with Gasteiger partial charge in [-0.3, -0.25) is 0 Å². The van der Waals surface area contributed by atoms with E-state index in [4.69, 9.17) is 10.5 Å². The van der Waals surface area contributed by atoms with Gasteiger partial charge in [-0.05, 0) is 11.1 Å². The van der Waals surface area contributed by atoms with Crippen molar-refractivity contribution in [2.24, 2.45) is 5.73 Å². The van der Waals surface area contributed by atoms with Gasteiger partial charge in [0.15, 0.2) is 0 Å². The Morgan fingerprint density at radius 3 is 1.65 bits per heavy atom. The molecule has 0 spiro atoms. The molecular weight excluding hydrogens is 286 g/mol. The smallest absolute Gasteiger partial charge is 0.0636 e. The Bertz CT molecular complexity index is 524. The first-order chi connectivity index (χ1) is 11.3. The van der Waals surface area contributed by atoms with Crippen LogP contribution in [0.5, 0.6) is 0 Å². The lowest BCUT2D eigenvalue weighted by Gasteiger charge is -2.37. The zero-order valence-corrected chi connectivity index (χ0v) is 13.3. The van der Waals surface area contributed by atoms with Gasteiger partial charge in [0.25, 0.3) is 0 Å². The Hall–Kier alpha value is -1.72. The molecule has 23 heavy (non-hydrogen) atoms. The van der Waals surface area contributed by atoms with E-state index in [1.807, 2.05) is 12.1 Å². The number of ether oxygens (including phenoxy) is 1. The van der Waals surface area contributed by atoms with Crippen molar-refractivity contribution < 1.29 is 4.74 Å². The molecule has 0 saturated carbocycles. The molecule has 1 saturated heterocycles. The molecule has 3 rings (SSSR count). The highest BCUT2D eigenvalue weighted by Crippen LogP contribution is 2.10. The Kier molecular flexibility index (Phi) is 5.77. The summed E-state index contributed by atoms with van der Waals surface area (Å²) in [5, 5.41) is 7.05. The van der Waals surface area contributed by atoms with Crippen molar-refractivity contribution in [2.45, 2.75) is 31.2 Å². The molecule has 0 amide bonds. The summed E-state index contributed by atoms with van der Waals surface area (Å²) >= 11 is 0. The van der Waals surface area contributed by atoms with Crippen molar-refractivity contribution >= 4 is 0 Å². The summed E-state index contributed by atoms with van der Waals surface area (Å²) in [7, 11) is 0. The average Bonchev–Trinajstić information content (AvgIpc) is 2.61. The summed E-state index contributed by atoms with van der Waals surface area (Å²) in [6.07, 6.45) is 0. The standard InChI is InChI=1S/C19H25N3O/c20-19-17(21-11-15-7-3-1-4-8-15)13-23-14-18(19)22-12-16-9-5-2-6-10-16/h1-10,17-19,21-22H,11-14,20H2/t17-,18?,19?/m1/s1. The van der Waals surface area contributed by atoms with E-state index in [1.165, 1.54) is 11.1 Å². The molecule has 4 heteroatoms. The van der Waals surface area contributed by atoms with Crippen LogP contribution in [-0.2, 0) is 17.8 Å². The van der Waals surface area contributed by atoms with Crippen molar-refractivity contribution in [1.29, 1.82) is 0 Å². The SMILES string of the molecule is NC1C(NCc2ccccc2)COC[C@H]1NCc1ccccc1. The van der Waals surface area contributed by atoms with Crippen molar-refractivity contribution in [3.63, 3.8) is 0 Å². The lowest BCUT2D eigenvalue weighted by molar-refractivity contribution is 0.0321. The highest BCUT2D eigenvalue weighted by molar-refractivity contribution is 5.15. The Morgan fingerprint density at radius 2 is 1.22 bits per heavy atom. The monoisotopic (exact) mass is 311 g/mol. The van der Waals surface area contributed by atoms with Crippen LogP contribution in [0.3, 0.4) is 0 Å². The molecule has 0 aliphatic carbocycles. The van der Waals surface area contributed by atoms with Gasteiger partial charge in [0, 0.05) is 31.2 Å². The molecule has 1 aliphatic heterocycles. The molecule has 3 atom stereocenters. The van der Waals surface area contributed by atoms with E-state index in [0.717, 1.165) is 13.1 Å². The van der Waals surface area contributed by atoms with Crippen molar-refractivity contribution in [2.75, 3.05) is 13.2 Å². The van der Waals surface area contributed by atoms with Gasteiger partial charge in [-0.25, -0.2) is 0 Å². The first-order valence-corrected chi connectivity index (χ1v) is 8.21. The number of benzene rings is 2. The third kappa shape index (κ3) is 4.62. The Labute approximate surface area is 138 Å². The van der Waals surface area contributed by atoms with Gasteiger partial charge in [0.1, 0.15) is 0 Å². The van der Waals surface area contributed by atoms with Crippen LogP contribution in [0.1, 0.15) is 11.1 Å². The molecule has 1 heterocycles. The minimum absolute atomic E-state index is 0.0381. The zero-order valence-electron chi connectivity index (χ0n) is 13.3. The van der Waals surface area contributed by atoms with E-state index in [2.05, 4.69) is 59.2 Å². The number of hydrogen-bond donors (Lipinski definition) is 3. The molecule has 0 bridgehead atoms. The van der Waals surface area contributed by atoms with E-state index >= 15 is 0 Å². The van der Waals surface area contributed by atoms with E-state index in [1.54, 1.807) is 0 Å². The summed E-state index contributed by atoms with van der Waals surface area (Å²) in [5.74, 6) is 0. The molecule has 1 aliphatic rings. The first-order valence-electron chi connectivity index (χ1n) is 8.21. The lowest BCUT2D eigenvalue weighted by atomic mass is 9.98. The highest BCUT2D eigenvalue weighted by atomic mass is 16.5. The van der Waals surface area contributed by atoms with Crippen LogP contribution >= 0.6 is 0 Å². The molecule has 2 aromatic carbocycles. The van der Waals surface area contributed by atoms with Crippen LogP contribution in [0.25, 0.3) is 0 Å². The summed E-state index contributed by atoms with van der Waals surface area (Å²) in [4.78, 5) is 0. The molecule has 4 N–H and O–H groups in total. The molecule has 4 nitrogen and oxygen atoms in total. The third-order valence-corrected chi connectivity index (χ3v) is 4.35. The molecular formula is C19H25N3O. The Balaban J connectivity index is 1.50. The fourth-order valence-corrected chi connectivity index (χ4v) is 2.90. The molecule has 2 unspecified atom stereocenters. The minimum atomic E-state index is 0.0381. The van der Waals surface area contributed by atoms with E-state index < -0.39 is 0 Å². The van der Waals surface area contributed by atoms with Crippen molar-refractivity contribution in [3.8, 4) is 0 Å². The van der Waals surface area contributed by atoms with Gasteiger partial charge < -0.3 is 21.1 Å². The van der Waals surface area contributed by atoms with Crippen LogP contribution in [0, 0.1) is 0 Å². The Morgan fingerprint density at radius 1 is 0.783 bits per heavy atom. The van der Waals surface area contributed by atoms with E-state index in [9.17, 15) is 0 Å². The number of nitrogens with one attached hydrogen (secondary N) is 2. The summed E-state index contributed by atoms with van der Waals surface area (Å²) < 4.78 is 5.74. The second kappa shape index (κ2) is 8.22. The van der Waals surface area contributed by atoms with Crippen LogP contribution < -0.4 is 16.4 Å². The van der Waals surface area contributed by atoms with Crippen LogP contribution in [-0.4, -0.2) is 31.3 Å². The van der Waals surface area contributed by atoms with E-state index in [-0.39, 0.29) is 18.1 Å². The van der Waals surface area contributed by atoms with Crippen LogP contribution in [0.2, 0.25) is 0 Å². The fraction of sp³-hybridized carbons (Fsp3) is 0.368. The highest BCUT2D eigenvalue weighted by Gasteiger charge is 2.30. The molecule has 122 valence electrons. The maximum Gasteiger partial charge on any atom is 0.0636 e. The van der Waals surface area contributed by atoms with Gasteiger partial charge in [-0.1, -0.05) is 60.7 Å². The largest absolute Gasteiger partial charge is 0.378 e. The summed E-state index contributed by atoms with van der Waals surface area (Å²) in [6.45, 7) is 2.96.